The van der Waals surface area contributed by atoms with Crippen LogP contribution in [-0.4, -0.2) is 19.1 Å². The Morgan fingerprint density at radius 1 is 1.06 bits per heavy atom. The average molecular weight is 252 g/mol. The van der Waals surface area contributed by atoms with Crippen LogP contribution >= 0.6 is 0 Å². The molecule has 2 fully saturated rings. The van der Waals surface area contributed by atoms with Gasteiger partial charge in [0.1, 0.15) is 0 Å². The van der Waals surface area contributed by atoms with E-state index in [2.05, 4.69) is 33.0 Å². The Balaban J connectivity index is 1.75. The number of hydrogen-bond donors (Lipinski definition) is 2. The maximum atomic E-state index is 6.36. The number of fused-ring (bicyclic) bond motifs is 2. The lowest BCUT2D eigenvalue weighted by Gasteiger charge is -2.30. The first-order valence-corrected chi connectivity index (χ1v) is 7.97. The summed E-state index contributed by atoms with van der Waals surface area (Å²) in [5.74, 6) is 4.85. The first-order chi connectivity index (χ1) is 8.50. The van der Waals surface area contributed by atoms with Crippen LogP contribution in [-0.2, 0) is 0 Å². The van der Waals surface area contributed by atoms with E-state index in [9.17, 15) is 0 Å². The highest BCUT2D eigenvalue weighted by atomic mass is 14.9. The van der Waals surface area contributed by atoms with Gasteiger partial charge in [-0.2, -0.15) is 0 Å². The molecule has 0 amide bonds. The molecule has 2 rings (SSSR count). The molecule has 0 heterocycles. The Bertz CT molecular complexity index is 252. The standard InChI is InChI=1S/C16H32N2/c1-10(2)14(11(3)4)8-18-9-15-12-5-6-13(7-12)16(15)17/h10-16,18H,5-9,17H2,1-4H3. The predicted molar refractivity (Wildman–Crippen MR) is 78.3 cm³/mol. The number of nitrogens with two attached hydrogens (primary N) is 1. The second-order valence-electron chi connectivity index (χ2n) is 7.38. The molecule has 0 aliphatic heterocycles. The van der Waals surface area contributed by atoms with Gasteiger partial charge in [0, 0.05) is 6.04 Å². The molecule has 2 aliphatic rings. The molecule has 4 unspecified atom stereocenters. The summed E-state index contributed by atoms with van der Waals surface area (Å²) in [6.07, 6.45) is 4.23. The third-order valence-electron chi connectivity index (χ3n) is 5.63. The zero-order valence-electron chi connectivity index (χ0n) is 12.7. The highest BCUT2D eigenvalue weighted by Gasteiger charge is 2.45. The van der Waals surface area contributed by atoms with Crippen LogP contribution in [0.15, 0.2) is 0 Å². The molecular formula is C16H32N2. The zero-order valence-corrected chi connectivity index (χ0v) is 12.7. The molecule has 0 aromatic heterocycles. The van der Waals surface area contributed by atoms with E-state index in [-0.39, 0.29) is 0 Å². The molecule has 2 bridgehead atoms. The van der Waals surface area contributed by atoms with Crippen molar-refractivity contribution >= 4 is 0 Å². The van der Waals surface area contributed by atoms with Crippen LogP contribution in [0.25, 0.3) is 0 Å². The molecule has 4 atom stereocenters. The van der Waals surface area contributed by atoms with Crippen LogP contribution < -0.4 is 11.1 Å². The molecule has 2 aliphatic carbocycles. The lowest BCUT2D eigenvalue weighted by atomic mass is 9.83. The average Bonchev–Trinajstić information content (AvgIpc) is 2.85. The summed E-state index contributed by atoms with van der Waals surface area (Å²) in [7, 11) is 0. The summed E-state index contributed by atoms with van der Waals surface area (Å²) < 4.78 is 0. The maximum Gasteiger partial charge on any atom is 0.0110 e. The van der Waals surface area contributed by atoms with Crippen molar-refractivity contribution in [3.05, 3.63) is 0 Å². The fourth-order valence-corrected chi connectivity index (χ4v) is 4.42. The Morgan fingerprint density at radius 2 is 1.67 bits per heavy atom. The molecule has 3 N–H and O–H groups in total. The third-order valence-corrected chi connectivity index (χ3v) is 5.63. The SMILES string of the molecule is CC(C)C(CNCC1C2CCC(C2)C1N)C(C)C. The largest absolute Gasteiger partial charge is 0.327 e. The second kappa shape index (κ2) is 5.92. The molecule has 0 aromatic rings. The van der Waals surface area contributed by atoms with Gasteiger partial charge in [-0.3, -0.25) is 0 Å². The highest BCUT2D eigenvalue weighted by Crippen LogP contribution is 2.47. The van der Waals surface area contributed by atoms with E-state index >= 15 is 0 Å². The summed E-state index contributed by atoms with van der Waals surface area (Å²) in [5, 5.41) is 3.73. The van der Waals surface area contributed by atoms with Gasteiger partial charge in [-0.1, -0.05) is 27.7 Å². The van der Waals surface area contributed by atoms with E-state index < -0.39 is 0 Å². The van der Waals surface area contributed by atoms with E-state index in [1.165, 1.54) is 19.3 Å². The van der Waals surface area contributed by atoms with E-state index in [0.29, 0.717) is 6.04 Å². The topological polar surface area (TPSA) is 38.0 Å². The van der Waals surface area contributed by atoms with Crippen molar-refractivity contribution in [1.82, 2.24) is 5.32 Å². The van der Waals surface area contributed by atoms with E-state index in [4.69, 9.17) is 5.73 Å². The first-order valence-electron chi connectivity index (χ1n) is 7.97. The van der Waals surface area contributed by atoms with Crippen LogP contribution in [0.3, 0.4) is 0 Å². The fraction of sp³-hybridized carbons (Fsp3) is 1.00. The summed E-state index contributed by atoms with van der Waals surface area (Å²) in [6.45, 7) is 11.7. The monoisotopic (exact) mass is 252 g/mol. The molecule has 0 spiro atoms. The maximum absolute atomic E-state index is 6.36. The van der Waals surface area contributed by atoms with Gasteiger partial charge in [0.25, 0.3) is 0 Å². The van der Waals surface area contributed by atoms with E-state index in [1.54, 1.807) is 0 Å². The van der Waals surface area contributed by atoms with Crippen LogP contribution in [0.4, 0.5) is 0 Å². The van der Waals surface area contributed by atoms with Crippen LogP contribution in [0.1, 0.15) is 47.0 Å². The third kappa shape index (κ3) is 2.91. The minimum Gasteiger partial charge on any atom is -0.327 e. The lowest BCUT2D eigenvalue weighted by molar-refractivity contribution is 0.242. The molecule has 0 saturated heterocycles. The van der Waals surface area contributed by atoms with Gasteiger partial charge in [0.15, 0.2) is 0 Å². The van der Waals surface area contributed by atoms with Crippen molar-refractivity contribution in [1.29, 1.82) is 0 Å². The van der Waals surface area contributed by atoms with Gasteiger partial charge in [0.2, 0.25) is 0 Å². The predicted octanol–water partition coefficient (Wildman–Crippen LogP) is 2.88. The fourth-order valence-electron chi connectivity index (χ4n) is 4.42. The minimum absolute atomic E-state index is 0.479. The summed E-state index contributed by atoms with van der Waals surface area (Å²) in [5.41, 5.74) is 6.36. The Kier molecular flexibility index (Phi) is 4.71. The second-order valence-corrected chi connectivity index (χ2v) is 7.38. The van der Waals surface area contributed by atoms with Gasteiger partial charge in [-0.05, 0) is 67.9 Å². The van der Waals surface area contributed by atoms with Crippen LogP contribution in [0.5, 0.6) is 0 Å². The number of rotatable bonds is 6. The zero-order chi connectivity index (χ0) is 13.3. The Hall–Kier alpha value is -0.0800. The highest BCUT2D eigenvalue weighted by molar-refractivity contribution is 4.99. The van der Waals surface area contributed by atoms with Gasteiger partial charge < -0.3 is 11.1 Å². The summed E-state index contributed by atoms with van der Waals surface area (Å²) >= 11 is 0. The van der Waals surface area contributed by atoms with Crippen LogP contribution in [0.2, 0.25) is 0 Å². The van der Waals surface area contributed by atoms with Crippen molar-refractivity contribution in [3.63, 3.8) is 0 Å². The molecule has 18 heavy (non-hydrogen) atoms. The smallest absolute Gasteiger partial charge is 0.0110 e. The molecule has 0 aromatic carbocycles. The molecule has 2 heteroatoms. The van der Waals surface area contributed by atoms with Gasteiger partial charge >= 0.3 is 0 Å². The molecule has 2 nitrogen and oxygen atoms in total. The Labute approximate surface area is 113 Å². The normalized spacial score (nSPS) is 35.3. The first kappa shape index (κ1) is 14.3. The van der Waals surface area contributed by atoms with Crippen molar-refractivity contribution in [2.75, 3.05) is 13.1 Å². The lowest BCUT2D eigenvalue weighted by Crippen LogP contribution is -2.43. The van der Waals surface area contributed by atoms with Gasteiger partial charge in [-0.15, -0.1) is 0 Å². The minimum atomic E-state index is 0.479. The van der Waals surface area contributed by atoms with Gasteiger partial charge in [-0.25, -0.2) is 0 Å². The van der Waals surface area contributed by atoms with E-state index in [1.807, 2.05) is 0 Å². The number of hydrogen-bond acceptors (Lipinski definition) is 2. The molecular weight excluding hydrogens is 220 g/mol. The van der Waals surface area contributed by atoms with Crippen molar-refractivity contribution in [3.8, 4) is 0 Å². The molecule has 106 valence electrons. The summed E-state index contributed by atoms with van der Waals surface area (Å²) in [6, 6.07) is 0.479. The van der Waals surface area contributed by atoms with Gasteiger partial charge in [0.05, 0.1) is 0 Å². The Morgan fingerprint density at radius 3 is 2.17 bits per heavy atom. The quantitative estimate of drug-likeness (QED) is 0.763. The molecule has 2 saturated carbocycles. The molecule has 0 radical (unpaired) electrons. The van der Waals surface area contributed by atoms with E-state index in [0.717, 1.165) is 48.6 Å². The van der Waals surface area contributed by atoms with Crippen molar-refractivity contribution in [2.24, 2.45) is 41.2 Å². The van der Waals surface area contributed by atoms with Crippen LogP contribution in [0, 0.1) is 35.5 Å². The summed E-state index contributed by atoms with van der Waals surface area (Å²) in [4.78, 5) is 0. The van der Waals surface area contributed by atoms with Crippen molar-refractivity contribution < 1.29 is 0 Å². The number of nitrogens with one attached hydrogen (secondary N) is 1. The van der Waals surface area contributed by atoms with Crippen molar-refractivity contribution in [2.45, 2.75) is 53.0 Å².